The highest BCUT2D eigenvalue weighted by molar-refractivity contribution is 9.10. The molecule has 1 unspecified atom stereocenters. The van der Waals surface area contributed by atoms with E-state index in [1.165, 1.54) is 38.5 Å². The van der Waals surface area contributed by atoms with Crippen molar-refractivity contribution in [3.8, 4) is 0 Å². The number of benzene rings is 1. The minimum atomic E-state index is -0.701. The van der Waals surface area contributed by atoms with Crippen molar-refractivity contribution in [1.82, 2.24) is 0 Å². The van der Waals surface area contributed by atoms with Crippen molar-refractivity contribution >= 4 is 15.9 Å². The van der Waals surface area contributed by atoms with Crippen LogP contribution < -0.4 is 0 Å². The second-order valence-corrected chi connectivity index (χ2v) is 6.57. The van der Waals surface area contributed by atoms with Crippen molar-refractivity contribution in [2.45, 2.75) is 70.8 Å². The Bertz CT molecular complexity index is 360. The van der Waals surface area contributed by atoms with Crippen LogP contribution in [0.2, 0.25) is 0 Å². The molecular formula is C17H27BrO. The van der Waals surface area contributed by atoms with E-state index in [1.54, 1.807) is 0 Å². The van der Waals surface area contributed by atoms with E-state index in [-0.39, 0.29) is 0 Å². The monoisotopic (exact) mass is 326 g/mol. The molecule has 1 aromatic carbocycles. The molecule has 0 fully saturated rings. The highest BCUT2D eigenvalue weighted by Gasteiger charge is 2.22. The third kappa shape index (κ3) is 6.58. The Labute approximate surface area is 126 Å². The average molecular weight is 327 g/mol. The number of hydrogen-bond acceptors (Lipinski definition) is 1. The van der Waals surface area contributed by atoms with Crippen LogP contribution in [0, 0.1) is 0 Å². The quantitative estimate of drug-likeness (QED) is 0.569. The molecule has 108 valence electrons. The molecule has 2 heteroatoms. The minimum absolute atomic E-state index is 0.701. The van der Waals surface area contributed by atoms with Gasteiger partial charge in [-0.15, -0.1) is 0 Å². The molecule has 0 heterocycles. The van der Waals surface area contributed by atoms with Gasteiger partial charge in [-0.05, 0) is 31.0 Å². The fourth-order valence-electron chi connectivity index (χ4n) is 2.39. The van der Waals surface area contributed by atoms with Gasteiger partial charge in [-0.25, -0.2) is 0 Å². The van der Waals surface area contributed by atoms with Crippen LogP contribution in [-0.2, 0) is 5.60 Å². The molecule has 0 saturated carbocycles. The Morgan fingerprint density at radius 1 is 1.05 bits per heavy atom. The van der Waals surface area contributed by atoms with E-state index >= 15 is 0 Å². The summed E-state index contributed by atoms with van der Waals surface area (Å²) in [6.45, 7) is 4.17. The Morgan fingerprint density at radius 2 is 1.68 bits per heavy atom. The summed E-state index contributed by atoms with van der Waals surface area (Å²) in [5.74, 6) is 0. The van der Waals surface area contributed by atoms with Gasteiger partial charge in [-0.3, -0.25) is 0 Å². The SMILES string of the molecule is CCCCCCCCCC(C)(O)c1cccc(Br)c1. The van der Waals surface area contributed by atoms with E-state index in [9.17, 15) is 5.11 Å². The van der Waals surface area contributed by atoms with Gasteiger partial charge in [0.15, 0.2) is 0 Å². The number of rotatable bonds is 9. The van der Waals surface area contributed by atoms with E-state index in [0.29, 0.717) is 0 Å². The van der Waals surface area contributed by atoms with Gasteiger partial charge in [0.1, 0.15) is 0 Å². The van der Waals surface area contributed by atoms with Gasteiger partial charge in [0.2, 0.25) is 0 Å². The first-order chi connectivity index (χ1) is 9.06. The Morgan fingerprint density at radius 3 is 2.32 bits per heavy atom. The van der Waals surface area contributed by atoms with E-state index in [2.05, 4.69) is 22.9 Å². The lowest BCUT2D eigenvalue weighted by atomic mass is 9.90. The van der Waals surface area contributed by atoms with Crippen molar-refractivity contribution in [2.24, 2.45) is 0 Å². The smallest absolute Gasteiger partial charge is 0.0868 e. The number of aliphatic hydroxyl groups is 1. The van der Waals surface area contributed by atoms with Crippen LogP contribution >= 0.6 is 15.9 Å². The van der Waals surface area contributed by atoms with Crippen LogP contribution in [0.15, 0.2) is 28.7 Å². The highest BCUT2D eigenvalue weighted by atomic mass is 79.9. The Kier molecular flexibility index (Phi) is 7.70. The van der Waals surface area contributed by atoms with Crippen molar-refractivity contribution in [1.29, 1.82) is 0 Å². The fourth-order valence-corrected chi connectivity index (χ4v) is 2.79. The fraction of sp³-hybridized carbons (Fsp3) is 0.647. The molecular weight excluding hydrogens is 300 g/mol. The molecule has 1 rings (SSSR count). The molecule has 0 aliphatic heterocycles. The van der Waals surface area contributed by atoms with Gasteiger partial charge in [0.25, 0.3) is 0 Å². The number of halogens is 1. The predicted octanol–water partition coefficient (Wildman–Crippen LogP) is 5.80. The van der Waals surface area contributed by atoms with Crippen molar-refractivity contribution < 1.29 is 5.11 Å². The van der Waals surface area contributed by atoms with Crippen LogP contribution in [0.1, 0.15) is 70.8 Å². The Balaban J connectivity index is 2.27. The zero-order valence-electron chi connectivity index (χ0n) is 12.3. The zero-order valence-corrected chi connectivity index (χ0v) is 13.9. The summed E-state index contributed by atoms with van der Waals surface area (Å²) in [6.07, 6.45) is 9.84. The topological polar surface area (TPSA) is 20.2 Å². The van der Waals surface area contributed by atoms with Crippen LogP contribution in [0.4, 0.5) is 0 Å². The van der Waals surface area contributed by atoms with Gasteiger partial charge in [-0.1, -0.05) is 79.9 Å². The van der Waals surface area contributed by atoms with E-state index in [1.807, 2.05) is 31.2 Å². The molecule has 0 aliphatic rings. The molecule has 1 nitrogen and oxygen atoms in total. The number of hydrogen-bond donors (Lipinski definition) is 1. The van der Waals surface area contributed by atoms with Gasteiger partial charge in [-0.2, -0.15) is 0 Å². The summed E-state index contributed by atoms with van der Waals surface area (Å²) in [5, 5.41) is 10.5. The zero-order chi connectivity index (χ0) is 14.1. The van der Waals surface area contributed by atoms with Crippen molar-refractivity contribution in [2.75, 3.05) is 0 Å². The van der Waals surface area contributed by atoms with Crippen molar-refractivity contribution in [3.63, 3.8) is 0 Å². The maximum Gasteiger partial charge on any atom is 0.0868 e. The third-order valence-electron chi connectivity index (χ3n) is 3.71. The summed E-state index contributed by atoms with van der Waals surface area (Å²) in [7, 11) is 0. The van der Waals surface area contributed by atoms with Crippen molar-refractivity contribution in [3.05, 3.63) is 34.3 Å². The van der Waals surface area contributed by atoms with Gasteiger partial charge < -0.3 is 5.11 Å². The largest absolute Gasteiger partial charge is 0.385 e. The van der Waals surface area contributed by atoms with Gasteiger partial charge >= 0.3 is 0 Å². The molecule has 0 aromatic heterocycles. The summed E-state index contributed by atoms with van der Waals surface area (Å²) in [4.78, 5) is 0. The molecule has 0 saturated heterocycles. The van der Waals surface area contributed by atoms with Crippen LogP contribution in [-0.4, -0.2) is 5.11 Å². The van der Waals surface area contributed by atoms with E-state index < -0.39 is 5.60 Å². The van der Waals surface area contributed by atoms with Crippen LogP contribution in [0.5, 0.6) is 0 Å². The van der Waals surface area contributed by atoms with Crippen LogP contribution in [0.25, 0.3) is 0 Å². The lowest BCUT2D eigenvalue weighted by Gasteiger charge is -2.24. The molecule has 19 heavy (non-hydrogen) atoms. The van der Waals surface area contributed by atoms with E-state index in [0.717, 1.165) is 22.9 Å². The lowest BCUT2D eigenvalue weighted by molar-refractivity contribution is 0.0447. The first kappa shape index (κ1) is 16.7. The molecule has 0 aliphatic carbocycles. The molecule has 0 amide bonds. The van der Waals surface area contributed by atoms with Crippen LogP contribution in [0.3, 0.4) is 0 Å². The number of unbranched alkanes of at least 4 members (excludes halogenated alkanes) is 6. The molecule has 1 N–H and O–H groups in total. The Hall–Kier alpha value is -0.340. The second kappa shape index (κ2) is 8.76. The molecule has 0 bridgehead atoms. The predicted molar refractivity (Wildman–Crippen MR) is 86.3 cm³/mol. The average Bonchev–Trinajstić information content (AvgIpc) is 2.38. The summed E-state index contributed by atoms with van der Waals surface area (Å²) < 4.78 is 1.03. The molecule has 1 aromatic rings. The summed E-state index contributed by atoms with van der Waals surface area (Å²) in [6, 6.07) is 8.00. The maximum absolute atomic E-state index is 10.5. The van der Waals surface area contributed by atoms with Gasteiger partial charge in [0, 0.05) is 4.47 Å². The maximum atomic E-state index is 10.5. The van der Waals surface area contributed by atoms with E-state index in [4.69, 9.17) is 0 Å². The highest BCUT2D eigenvalue weighted by Crippen LogP contribution is 2.28. The minimum Gasteiger partial charge on any atom is -0.385 e. The standard InChI is InChI=1S/C17H27BrO/c1-3-4-5-6-7-8-9-13-17(2,19)15-11-10-12-16(18)14-15/h10-12,14,19H,3-9,13H2,1-2H3. The molecule has 0 radical (unpaired) electrons. The first-order valence-electron chi connectivity index (χ1n) is 7.54. The molecule has 1 atom stereocenters. The normalized spacial score (nSPS) is 14.3. The molecule has 0 spiro atoms. The second-order valence-electron chi connectivity index (χ2n) is 5.66. The van der Waals surface area contributed by atoms with Gasteiger partial charge in [0.05, 0.1) is 5.60 Å². The lowest BCUT2D eigenvalue weighted by Crippen LogP contribution is -2.20. The first-order valence-corrected chi connectivity index (χ1v) is 8.34. The third-order valence-corrected chi connectivity index (χ3v) is 4.21. The summed E-state index contributed by atoms with van der Waals surface area (Å²) in [5.41, 5.74) is 0.306. The summed E-state index contributed by atoms with van der Waals surface area (Å²) >= 11 is 3.46.